The van der Waals surface area contributed by atoms with Gasteiger partial charge in [0.25, 0.3) is 0 Å². The molecule has 0 spiro atoms. The smallest absolute Gasteiger partial charge is 0.408 e. The van der Waals surface area contributed by atoms with Gasteiger partial charge in [-0.15, -0.1) is 0 Å². The van der Waals surface area contributed by atoms with E-state index in [1.54, 1.807) is 0 Å². The van der Waals surface area contributed by atoms with E-state index >= 15 is 0 Å². The van der Waals surface area contributed by atoms with Gasteiger partial charge in [0.05, 0.1) is 0 Å². The second-order valence-electron chi connectivity index (χ2n) is 3.08. The number of alkyl halides is 9. The van der Waals surface area contributed by atoms with Gasteiger partial charge in [0.1, 0.15) is 0 Å². The number of halogens is 9. The molecule has 17 heavy (non-hydrogen) atoms. The fourth-order valence-corrected chi connectivity index (χ4v) is 1.18. The molecule has 0 aromatic heterocycles. The fourth-order valence-electron chi connectivity index (χ4n) is 1.18. The van der Waals surface area contributed by atoms with E-state index < -0.39 is 29.5 Å². The second kappa shape index (κ2) is 2.99. The fraction of sp³-hybridized carbons (Fsp3) is 0.833. The molecule has 0 N–H and O–H groups in total. The molecule has 1 saturated carbocycles. The average molecular weight is 275 g/mol. The van der Waals surface area contributed by atoms with E-state index in [4.69, 9.17) is 0 Å². The van der Waals surface area contributed by atoms with E-state index in [0.717, 1.165) is 0 Å². The lowest BCUT2D eigenvalue weighted by molar-refractivity contribution is -0.330. The largest absolute Gasteiger partial charge is 0.420 e. The van der Waals surface area contributed by atoms with Gasteiger partial charge in [-0.05, 0) is 0 Å². The molecule has 0 aromatic rings. The first-order valence-electron chi connectivity index (χ1n) is 3.56. The highest BCUT2D eigenvalue weighted by molar-refractivity contribution is 5.42. The van der Waals surface area contributed by atoms with Crippen LogP contribution in [0.4, 0.5) is 39.5 Å². The molecule has 0 heterocycles. The molecule has 0 saturated heterocycles. The highest BCUT2D eigenvalue weighted by Gasteiger charge is 3.02. The Hall–Kier alpha value is -1.16. The van der Waals surface area contributed by atoms with Gasteiger partial charge in [-0.1, -0.05) is 0 Å². The lowest BCUT2D eigenvalue weighted by Gasteiger charge is -2.27. The van der Waals surface area contributed by atoms with Gasteiger partial charge in [0.2, 0.25) is 0 Å². The Kier molecular flexibility index (Phi) is 2.44. The third-order valence-electron chi connectivity index (χ3n) is 2.17. The van der Waals surface area contributed by atoms with Gasteiger partial charge < -0.3 is 4.74 Å². The third-order valence-corrected chi connectivity index (χ3v) is 2.17. The second-order valence-corrected chi connectivity index (χ2v) is 3.08. The van der Waals surface area contributed by atoms with Gasteiger partial charge >= 0.3 is 36.0 Å². The maximum absolute atomic E-state index is 12.9. The maximum Gasteiger partial charge on any atom is 0.420 e. The Morgan fingerprint density at radius 1 is 0.647 bits per heavy atom. The molecule has 0 amide bonds. The van der Waals surface area contributed by atoms with Crippen LogP contribution in [0.2, 0.25) is 0 Å². The molecule has 0 atom stereocenters. The summed E-state index contributed by atoms with van der Waals surface area (Å²) in [5.74, 6) is -32.9. The molecule has 0 aromatic carbocycles. The molecular weight excluding hydrogens is 275 g/mol. The number of rotatable bonds is 2. The van der Waals surface area contributed by atoms with Crippen molar-refractivity contribution in [2.24, 2.45) is 0 Å². The summed E-state index contributed by atoms with van der Waals surface area (Å²) in [7, 11) is 0. The molecule has 0 aliphatic heterocycles. The van der Waals surface area contributed by atoms with Crippen LogP contribution in [-0.2, 0) is 9.53 Å². The molecule has 99 valence electrons. The van der Waals surface area contributed by atoms with Crippen molar-refractivity contribution in [2.75, 3.05) is 0 Å². The summed E-state index contributed by atoms with van der Waals surface area (Å²) in [6.45, 7) is -0.315. The first kappa shape index (κ1) is 13.9. The van der Waals surface area contributed by atoms with Gasteiger partial charge in [-0.3, -0.25) is 0 Å². The zero-order valence-electron chi connectivity index (χ0n) is 7.22. The minimum Gasteiger partial charge on any atom is -0.408 e. The van der Waals surface area contributed by atoms with Crippen molar-refractivity contribution >= 4 is 6.47 Å². The van der Waals surface area contributed by atoms with Crippen molar-refractivity contribution in [1.82, 2.24) is 0 Å². The zero-order chi connectivity index (χ0) is 13.9. The van der Waals surface area contributed by atoms with E-state index in [1.165, 1.54) is 0 Å². The van der Waals surface area contributed by atoms with Gasteiger partial charge in [0.15, 0.2) is 0 Å². The zero-order valence-corrected chi connectivity index (χ0v) is 7.22. The van der Waals surface area contributed by atoms with Crippen LogP contribution in [0.1, 0.15) is 0 Å². The van der Waals surface area contributed by atoms with Crippen molar-refractivity contribution in [3.63, 3.8) is 0 Å². The van der Waals surface area contributed by atoms with Crippen molar-refractivity contribution in [3.8, 4) is 0 Å². The summed E-state index contributed by atoms with van der Waals surface area (Å²) in [6, 6.07) is 0. The highest BCUT2D eigenvalue weighted by Crippen LogP contribution is 2.69. The first-order chi connectivity index (χ1) is 7.31. The normalized spacial score (nSPS) is 30.9. The van der Waals surface area contributed by atoms with Gasteiger partial charge in [-0.25, -0.2) is 4.79 Å². The van der Waals surface area contributed by atoms with Crippen molar-refractivity contribution in [1.29, 1.82) is 0 Å². The van der Waals surface area contributed by atoms with Crippen LogP contribution in [0, 0.1) is 0 Å². The predicted octanol–water partition coefficient (Wildman–Crippen LogP) is 2.29. The Morgan fingerprint density at radius 3 is 1.18 bits per heavy atom. The molecule has 1 aliphatic carbocycles. The van der Waals surface area contributed by atoms with Crippen LogP contribution in [-0.4, -0.2) is 36.0 Å². The summed E-state index contributed by atoms with van der Waals surface area (Å²) in [5.41, 5.74) is 0. The number of ether oxygens (including phenoxy) is 1. The van der Waals surface area contributed by atoms with E-state index in [0.29, 0.717) is 0 Å². The molecule has 0 bridgehead atoms. The van der Waals surface area contributed by atoms with Crippen LogP contribution < -0.4 is 0 Å². The molecule has 1 radical (unpaired) electrons. The average Bonchev–Trinajstić information content (AvgIpc) is 2.19. The van der Waals surface area contributed by atoms with Crippen LogP contribution >= 0.6 is 0 Å². The third kappa shape index (κ3) is 1.07. The number of hydrogen-bond acceptors (Lipinski definition) is 2. The monoisotopic (exact) mass is 275 g/mol. The molecule has 0 unspecified atom stereocenters. The lowest BCUT2D eigenvalue weighted by Crippen LogP contribution is -2.56. The SMILES string of the molecule is O=[C]OC1(F)C(F)(F)C(F)(F)C(F)(F)C1(F)F. The lowest BCUT2D eigenvalue weighted by atomic mass is 10.1. The first-order valence-corrected chi connectivity index (χ1v) is 3.56. The van der Waals surface area contributed by atoms with Crippen molar-refractivity contribution in [2.45, 2.75) is 29.5 Å². The number of hydrogen-bond donors (Lipinski definition) is 0. The van der Waals surface area contributed by atoms with Gasteiger partial charge in [0, 0.05) is 0 Å². The predicted molar refractivity (Wildman–Crippen MR) is 30.4 cm³/mol. The van der Waals surface area contributed by atoms with Crippen LogP contribution in [0.15, 0.2) is 0 Å². The molecule has 1 aliphatic rings. The quantitative estimate of drug-likeness (QED) is 0.723. The van der Waals surface area contributed by atoms with E-state index in [9.17, 15) is 44.3 Å². The molecular formula is C6F9O2. The van der Waals surface area contributed by atoms with E-state index in [1.807, 2.05) is 0 Å². The maximum atomic E-state index is 12.9. The van der Waals surface area contributed by atoms with Crippen LogP contribution in [0.3, 0.4) is 0 Å². The summed E-state index contributed by atoms with van der Waals surface area (Å²) in [5, 5.41) is 0. The Bertz CT molecular complexity index is 323. The molecule has 11 heteroatoms. The summed E-state index contributed by atoms with van der Waals surface area (Å²) >= 11 is 0. The van der Waals surface area contributed by atoms with Crippen LogP contribution in [0.5, 0.6) is 0 Å². The minimum atomic E-state index is -6.74. The van der Waals surface area contributed by atoms with E-state index in [-0.39, 0.29) is 6.47 Å². The van der Waals surface area contributed by atoms with Crippen molar-refractivity contribution < 1.29 is 49.0 Å². The number of carbonyl (C=O) groups excluding carboxylic acids is 1. The molecule has 1 rings (SSSR count). The van der Waals surface area contributed by atoms with E-state index in [2.05, 4.69) is 4.74 Å². The minimum absolute atomic E-state index is 0.315. The molecule has 1 fully saturated rings. The summed E-state index contributed by atoms with van der Waals surface area (Å²) in [4.78, 5) is 9.42. The highest BCUT2D eigenvalue weighted by atomic mass is 19.4. The Morgan fingerprint density at radius 2 is 0.941 bits per heavy atom. The summed E-state index contributed by atoms with van der Waals surface area (Å²) in [6.07, 6.45) is 0. The van der Waals surface area contributed by atoms with Crippen molar-refractivity contribution in [3.05, 3.63) is 0 Å². The van der Waals surface area contributed by atoms with Crippen LogP contribution in [0.25, 0.3) is 0 Å². The summed E-state index contributed by atoms with van der Waals surface area (Å²) < 4.78 is 115. The Balaban J connectivity index is 3.58. The van der Waals surface area contributed by atoms with Gasteiger partial charge in [-0.2, -0.15) is 39.5 Å². The molecule has 2 nitrogen and oxygen atoms in total. The standard InChI is InChI=1S/C6F9O2/c7-2(8)3(9,10)5(13,14)6(15,17-1-16)4(2,11)12. The Labute approximate surface area is 86.3 Å². The topological polar surface area (TPSA) is 26.3 Å².